The molecule has 0 unspecified atom stereocenters. The molecular formula is C15H19ClN4. The van der Waals surface area contributed by atoms with Gasteiger partial charge in [0.05, 0.1) is 0 Å². The smallest absolute Gasteiger partial charge is 0.138 e. The van der Waals surface area contributed by atoms with E-state index < -0.39 is 0 Å². The highest BCUT2D eigenvalue weighted by Crippen LogP contribution is 2.34. The molecule has 0 saturated carbocycles. The van der Waals surface area contributed by atoms with Crippen LogP contribution < -0.4 is 10.6 Å². The average Bonchev–Trinajstić information content (AvgIpc) is 2.36. The van der Waals surface area contributed by atoms with E-state index in [0.717, 1.165) is 36.2 Å². The summed E-state index contributed by atoms with van der Waals surface area (Å²) in [6, 6.07) is 1.94. The van der Waals surface area contributed by atoms with Gasteiger partial charge in [-0.3, -0.25) is 0 Å². The lowest BCUT2D eigenvalue weighted by atomic mass is 9.97. The summed E-state index contributed by atoms with van der Waals surface area (Å²) in [6.07, 6.45) is 3.80. The number of pyridine rings is 2. The Morgan fingerprint density at radius 3 is 2.70 bits per heavy atom. The van der Waals surface area contributed by atoms with Crippen molar-refractivity contribution in [1.29, 1.82) is 0 Å². The van der Waals surface area contributed by atoms with Crippen LogP contribution in [0.25, 0.3) is 10.8 Å². The lowest BCUT2D eigenvalue weighted by molar-refractivity contribution is 0.418. The Kier molecular flexibility index (Phi) is 3.52. The highest BCUT2D eigenvalue weighted by Gasteiger charge is 2.28. The molecule has 106 valence electrons. The maximum atomic E-state index is 6.06. The standard InChI is InChI=1S/C15H19ClN4/c1-9(2)12-5-19-15(20-7-10(4-17)8-20)13-6-18-14(16)3-11(12)13/h3,5-6,9-10H,4,7-8,17H2,1-2H3. The molecule has 0 aromatic carbocycles. The van der Waals surface area contributed by atoms with E-state index in [1.807, 2.05) is 18.5 Å². The lowest BCUT2D eigenvalue weighted by Gasteiger charge is -2.40. The van der Waals surface area contributed by atoms with Crippen molar-refractivity contribution in [3.05, 3.63) is 29.2 Å². The Morgan fingerprint density at radius 1 is 1.30 bits per heavy atom. The summed E-state index contributed by atoms with van der Waals surface area (Å²) in [7, 11) is 0. The molecule has 0 aliphatic carbocycles. The number of halogens is 1. The van der Waals surface area contributed by atoms with Crippen LogP contribution in [0, 0.1) is 5.92 Å². The third-order valence-corrected chi connectivity index (χ3v) is 4.17. The van der Waals surface area contributed by atoms with E-state index in [4.69, 9.17) is 17.3 Å². The van der Waals surface area contributed by atoms with E-state index in [1.165, 1.54) is 5.56 Å². The van der Waals surface area contributed by atoms with Crippen molar-refractivity contribution in [3.8, 4) is 0 Å². The minimum absolute atomic E-state index is 0.408. The largest absolute Gasteiger partial charge is 0.355 e. The van der Waals surface area contributed by atoms with Crippen molar-refractivity contribution in [2.75, 3.05) is 24.5 Å². The number of anilines is 1. The van der Waals surface area contributed by atoms with Gasteiger partial charge in [0, 0.05) is 36.8 Å². The molecule has 0 bridgehead atoms. The Hall–Kier alpha value is -1.39. The SMILES string of the molecule is CC(C)c1cnc(N2CC(CN)C2)c2cnc(Cl)cc12. The third-order valence-electron chi connectivity index (χ3n) is 3.96. The van der Waals surface area contributed by atoms with Crippen LogP contribution in [0.15, 0.2) is 18.5 Å². The van der Waals surface area contributed by atoms with E-state index in [1.54, 1.807) is 0 Å². The second-order valence-electron chi connectivity index (χ2n) is 5.75. The predicted octanol–water partition coefficient (Wildman–Crippen LogP) is 2.80. The van der Waals surface area contributed by atoms with Crippen molar-refractivity contribution in [1.82, 2.24) is 9.97 Å². The molecule has 3 heterocycles. The first-order chi connectivity index (χ1) is 9.60. The summed E-state index contributed by atoms with van der Waals surface area (Å²) in [4.78, 5) is 11.1. The van der Waals surface area contributed by atoms with Gasteiger partial charge >= 0.3 is 0 Å². The number of nitrogens with zero attached hydrogens (tertiary/aromatic N) is 3. The van der Waals surface area contributed by atoms with E-state index >= 15 is 0 Å². The number of fused-ring (bicyclic) bond motifs is 1. The van der Waals surface area contributed by atoms with Crippen LogP contribution in [0.3, 0.4) is 0 Å². The summed E-state index contributed by atoms with van der Waals surface area (Å²) in [5.41, 5.74) is 6.91. The minimum atomic E-state index is 0.408. The zero-order chi connectivity index (χ0) is 14.3. The molecular weight excluding hydrogens is 272 g/mol. The second kappa shape index (κ2) is 5.19. The molecule has 3 rings (SSSR count). The van der Waals surface area contributed by atoms with Gasteiger partial charge in [0.15, 0.2) is 0 Å². The van der Waals surface area contributed by atoms with Crippen molar-refractivity contribution in [3.63, 3.8) is 0 Å². The molecule has 1 aliphatic heterocycles. The maximum absolute atomic E-state index is 6.06. The van der Waals surface area contributed by atoms with Crippen LogP contribution in [0.1, 0.15) is 25.3 Å². The van der Waals surface area contributed by atoms with Crippen LogP contribution in [0.2, 0.25) is 5.15 Å². The first kappa shape index (κ1) is 13.6. The number of aromatic nitrogens is 2. The lowest BCUT2D eigenvalue weighted by Crippen LogP contribution is -2.50. The molecule has 0 spiro atoms. The number of nitrogens with two attached hydrogens (primary N) is 1. The van der Waals surface area contributed by atoms with E-state index in [9.17, 15) is 0 Å². The van der Waals surface area contributed by atoms with Gasteiger partial charge in [0.25, 0.3) is 0 Å². The first-order valence-corrected chi connectivity index (χ1v) is 7.37. The van der Waals surface area contributed by atoms with E-state index in [0.29, 0.717) is 17.0 Å². The van der Waals surface area contributed by atoms with E-state index in [-0.39, 0.29) is 0 Å². The molecule has 1 aliphatic rings. The molecule has 0 atom stereocenters. The van der Waals surface area contributed by atoms with Crippen molar-refractivity contribution < 1.29 is 0 Å². The first-order valence-electron chi connectivity index (χ1n) is 6.99. The Bertz CT molecular complexity index is 635. The molecule has 2 N–H and O–H groups in total. The number of hydrogen-bond donors (Lipinski definition) is 1. The third kappa shape index (κ3) is 2.23. The summed E-state index contributed by atoms with van der Waals surface area (Å²) in [5.74, 6) is 1.99. The predicted molar refractivity (Wildman–Crippen MR) is 83.4 cm³/mol. The van der Waals surface area contributed by atoms with Crippen molar-refractivity contribution in [2.45, 2.75) is 19.8 Å². The van der Waals surface area contributed by atoms with E-state index in [2.05, 4.69) is 28.7 Å². The van der Waals surface area contributed by atoms with Crippen molar-refractivity contribution in [2.24, 2.45) is 11.7 Å². The molecule has 2 aromatic heterocycles. The molecule has 1 fully saturated rings. The fourth-order valence-electron chi connectivity index (χ4n) is 2.72. The average molecular weight is 291 g/mol. The summed E-state index contributed by atoms with van der Waals surface area (Å²) >= 11 is 6.06. The summed E-state index contributed by atoms with van der Waals surface area (Å²) in [6.45, 7) is 7.02. The fourth-order valence-corrected chi connectivity index (χ4v) is 2.88. The van der Waals surface area contributed by atoms with Crippen LogP contribution in [0.5, 0.6) is 0 Å². The zero-order valence-electron chi connectivity index (χ0n) is 11.8. The molecule has 2 aromatic rings. The van der Waals surface area contributed by atoms with Crippen LogP contribution in [-0.4, -0.2) is 29.6 Å². The molecule has 20 heavy (non-hydrogen) atoms. The number of hydrogen-bond acceptors (Lipinski definition) is 4. The molecule has 5 heteroatoms. The molecule has 0 radical (unpaired) electrons. The monoisotopic (exact) mass is 290 g/mol. The van der Waals surface area contributed by atoms with Gasteiger partial charge in [-0.1, -0.05) is 25.4 Å². The van der Waals surface area contributed by atoms with Crippen LogP contribution in [-0.2, 0) is 0 Å². The second-order valence-corrected chi connectivity index (χ2v) is 6.14. The van der Waals surface area contributed by atoms with Gasteiger partial charge in [0.2, 0.25) is 0 Å². The van der Waals surface area contributed by atoms with Crippen LogP contribution >= 0.6 is 11.6 Å². The van der Waals surface area contributed by atoms with Crippen molar-refractivity contribution >= 4 is 28.2 Å². The molecule has 0 amide bonds. The van der Waals surface area contributed by atoms with Gasteiger partial charge < -0.3 is 10.6 Å². The van der Waals surface area contributed by atoms with Gasteiger partial charge in [-0.05, 0) is 29.5 Å². The Balaban J connectivity index is 2.09. The highest BCUT2D eigenvalue weighted by molar-refractivity contribution is 6.30. The number of rotatable bonds is 3. The van der Waals surface area contributed by atoms with Crippen LogP contribution in [0.4, 0.5) is 5.82 Å². The maximum Gasteiger partial charge on any atom is 0.138 e. The Morgan fingerprint density at radius 2 is 2.05 bits per heavy atom. The topological polar surface area (TPSA) is 55.0 Å². The fraction of sp³-hybridized carbons (Fsp3) is 0.467. The van der Waals surface area contributed by atoms with Gasteiger partial charge in [-0.15, -0.1) is 0 Å². The molecule has 4 nitrogen and oxygen atoms in total. The minimum Gasteiger partial charge on any atom is -0.355 e. The van der Waals surface area contributed by atoms with Gasteiger partial charge in [-0.2, -0.15) is 0 Å². The highest BCUT2D eigenvalue weighted by atomic mass is 35.5. The van der Waals surface area contributed by atoms with Gasteiger partial charge in [-0.25, -0.2) is 9.97 Å². The Labute approximate surface area is 124 Å². The summed E-state index contributed by atoms with van der Waals surface area (Å²) in [5, 5.41) is 2.76. The van der Waals surface area contributed by atoms with Gasteiger partial charge in [0.1, 0.15) is 11.0 Å². The zero-order valence-corrected chi connectivity index (χ0v) is 12.6. The summed E-state index contributed by atoms with van der Waals surface area (Å²) < 4.78 is 0. The molecule has 1 saturated heterocycles. The quantitative estimate of drug-likeness (QED) is 0.883. The normalized spacial score (nSPS) is 15.9.